The zero-order valence-corrected chi connectivity index (χ0v) is 8.97. The first-order chi connectivity index (χ1) is 6.88. The predicted octanol–water partition coefficient (Wildman–Crippen LogP) is 4.57. The Labute approximate surface area is 87.7 Å². The standard InChI is InChI=1S/C14H20/c1-3-9-13-11-7-5-6-8-12-14(13)10-4-2/h3-6H,1-2,7-12H2. The quantitative estimate of drug-likeness (QED) is 0.567. The Bertz CT molecular complexity index is 227. The summed E-state index contributed by atoms with van der Waals surface area (Å²) in [6, 6.07) is 0. The van der Waals surface area contributed by atoms with Crippen molar-refractivity contribution in [3.63, 3.8) is 0 Å². The van der Waals surface area contributed by atoms with Crippen LogP contribution in [-0.4, -0.2) is 0 Å². The van der Waals surface area contributed by atoms with Gasteiger partial charge in [0, 0.05) is 0 Å². The molecule has 0 spiro atoms. The van der Waals surface area contributed by atoms with Crippen LogP contribution >= 0.6 is 0 Å². The summed E-state index contributed by atoms with van der Waals surface area (Å²) in [5.41, 5.74) is 3.17. The van der Waals surface area contributed by atoms with Gasteiger partial charge in [-0.1, -0.05) is 35.5 Å². The van der Waals surface area contributed by atoms with E-state index >= 15 is 0 Å². The number of hydrogen-bond acceptors (Lipinski definition) is 0. The Balaban J connectivity index is 2.75. The smallest absolute Gasteiger partial charge is 0.0139 e. The summed E-state index contributed by atoms with van der Waals surface area (Å²) >= 11 is 0. The number of rotatable bonds is 4. The molecule has 0 fully saturated rings. The normalized spacial score (nSPS) is 17.4. The lowest BCUT2D eigenvalue weighted by Crippen LogP contribution is -1.94. The Hall–Kier alpha value is -1.04. The highest BCUT2D eigenvalue weighted by Gasteiger charge is 2.05. The second-order valence-electron chi connectivity index (χ2n) is 3.74. The largest absolute Gasteiger partial charge is 0.103 e. The molecule has 1 aliphatic rings. The van der Waals surface area contributed by atoms with Crippen molar-refractivity contribution in [1.29, 1.82) is 0 Å². The molecule has 0 heteroatoms. The van der Waals surface area contributed by atoms with Gasteiger partial charge in [0.25, 0.3) is 0 Å². The van der Waals surface area contributed by atoms with Crippen molar-refractivity contribution in [2.45, 2.75) is 38.5 Å². The van der Waals surface area contributed by atoms with Gasteiger partial charge in [-0.3, -0.25) is 0 Å². The summed E-state index contributed by atoms with van der Waals surface area (Å²) in [4.78, 5) is 0. The molecule has 0 saturated carbocycles. The minimum atomic E-state index is 1.05. The minimum Gasteiger partial charge on any atom is -0.103 e. The van der Waals surface area contributed by atoms with Gasteiger partial charge in [-0.15, -0.1) is 13.2 Å². The molecule has 0 heterocycles. The highest BCUT2D eigenvalue weighted by atomic mass is 14.1. The van der Waals surface area contributed by atoms with Crippen LogP contribution in [0.1, 0.15) is 38.5 Å². The third kappa shape index (κ3) is 3.37. The molecular weight excluding hydrogens is 168 g/mol. The third-order valence-corrected chi connectivity index (χ3v) is 2.67. The van der Waals surface area contributed by atoms with E-state index in [9.17, 15) is 0 Å². The zero-order chi connectivity index (χ0) is 10.2. The molecule has 0 aromatic carbocycles. The average Bonchev–Trinajstić information content (AvgIpc) is 2.16. The Morgan fingerprint density at radius 1 is 0.929 bits per heavy atom. The number of hydrogen-bond donors (Lipinski definition) is 0. The summed E-state index contributed by atoms with van der Waals surface area (Å²) in [7, 11) is 0. The Morgan fingerprint density at radius 3 is 1.71 bits per heavy atom. The van der Waals surface area contributed by atoms with Crippen LogP contribution < -0.4 is 0 Å². The lowest BCUT2D eigenvalue weighted by Gasteiger charge is -2.14. The number of allylic oxidation sites excluding steroid dienone is 6. The molecule has 0 atom stereocenters. The maximum absolute atomic E-state index is 3.83. The van der Waals surface area contributed by atoms with E-state index in [1.54, 1.807) is 11.1 Å². The van der Waals surface area contributed by atoms with Crippen LogP contribution in [0.25, 0.3) is 0 Å². The topological polar surface area (TPSA) is 0 Å². The van der Waals surface area contributed by atoms with Gasteiger partial charge in [-0.25, -0.2) is 0 Å². The third-order valence-electron chi connectivity index (χ3n) is 2.67. The van der Waals surface area contributed by atoms with Crippen LogP contribution in [0.5, 0.6) is 0 Å². The van der Waals surface area contributed by atoms with Crippen LogP contribution in [0.2, 0.25) is 0 Å². The van der Waals surface area contributed by atoms with E-state index in [0.29, 0.717) is 0 Å². The molecule has 0 aromatic rings. The maximum Gasteiger partial charge on any atom is -0.0139 e. The predicted molar refractivity (Wildman–Crippen MR) is 64.3 cm³/mol. The van der Waals surface area contributed by atoms with Crippen LogP contribution in [0.3, 0.4) is 0 Å². The summed E-state index contributed by atoms with van der Waals surface area (Å²) in [6.07, 6.45) is 15.5. The van der Waals surface area contributed by atoms with Crippen LogP contribution in [0.4, 0.5) is 0 Å². The molecule has 0 bridgehead atoms. The van der Waals surface area contributed by atoms with Crippen molar-refractivity contribution in [2.75, 3.05) is 0 Å². The second-order valence-corrected chi connectivity index (χ2v) is 3.74. The average molecular weight is 188 g/mol. The Morgan fingerprint density at radius 2 is 1.36 bits per heavy atom. The van der Waals surface area contributed by atoms with Gasteiger partial charge in [-0.05, 0) is 38.5 Å². The van der Waals surface area contributed by atoms with Gasteiger partial charge in [0.2, 0.25) is 0 Å². The van der Waals surface area contributed by atoms with E-state index in [1.165, 1.54) is 25.7 Å². The van der Waals surface area contributed by atoms with Crippen molar-refractivity contribution < 1.29 is 0 Å². The molecule has 0 radical (unpaired) electrons. The fraction of sp³-hybridized carbons (Fsp3) is 0.429. The highest BCUT2D eigenvalue weighted by molar-refractivity contribution is 5.21. The first-order valence-corrected chi connectivity index (χ1v) is 5.45. The Kier molecular flexibility index (Phi) is 5.06. The SMILES string of the molecule is C=CCC1=C(CC=C)CCC=CCC1. The van der Waals surface area contributed by atoms with Crippen molar-refractivity contribution in [1.82, 2.24) is 0 Å². The minimum absolute atomic E-state index is 1.05. The molecule has 0 N–H and O–H groups in total. The molecule has 14 heavy (non-hydrogen) atoms. The first-order valence-electron chi connectivity index (χ1n) is 5.45. The lowest BCUT2D eigenvalue weighted by atomic mass is 9.92. The zero-order valence-electron chi connectivity index (χ0n) is 8.97. The van der Waals surface area contributed by atoms with E-state index in [-0.39, 0.29) is 0 Å². The molecule has 0 aliphatic heterocycles. The molecule has 76 valence electrons. The van der Waals surface area contributed by atoms with Crippen molar-refractivity contribution >= 4 is 0 Å². The first kappa shape index (κ1) is 11.0. The van der Waals surface area contributed by atoms with E-state index in [0.717, 1.165) is 12.8 Å². The van der Waals surface area contributed by atoms with E-state index in [2.05, 4.69) is 25.3 Å². The molecule has 0 nitrogen and oxygen atoms in total. The lowest BCUT2D eigenvalue weighted by molar-refractivity contribution is 0.823. The molecule has 0 unspecified atom stereocenters. The van der Waals surface area contributed by atoms with Crippen molar-refractivity contribution in [2.24, 2.45) is 0 Å². The van der Waals surface area contributed by atoms with E-state index in [1.807, 2.05) is 12.2 Å². The molecule has 1 aliphatic carbocycles. The monoisotopic (exact) mass is 188 g/mol. The van der Waals surface area contributed by atoms with Gasteiger partial charge >= 0.3 is 0 Å². The molecular formula is C14H20. The summed E-state index contributed by atoms with van der Waals surface area (Å²) in [5.74, 6) is 0. The van der Waals surface area contributed by atoms with Crippen LogP contribution in [-0.2, 0) is 0 Å². The van der Waals surface area contributed by atoms with Crippen molar-refractivity contribution in [3.05, 3.63) is 48.6 Å². The fourth-order valence-electron chi connectivity index (χ4n) is 1.95. The van der Waals surface area contributed by atoms with Gasteiger partial charge < -0.3 is 0 Å². The maximum atomic E-state index is 3.83. The van der Waals surface area contributed by atoms with E-state index < -0.39 is 0 Å². The fourth-order valence-corrected chi connectivity index (χ4v) is 1.95. The highest BCUT2D eigenvalue weighted by Crippen LogP contribution is 2.25. The van der Waals surface area contributed by atoms with Gasteiger partial charge in [0.05, 0.1) is 0 Å². The van der Waals surface area contributed by atoms with E-state index in [4.69, 9.17) is 0 Å². The van der Waals surface area contributed by atoms with Gasteiger partial charge in [0.15, 0.2) is 0 Å². The molecule has 1 rings (SSSR count). The van der Waals surface area contributed by atoms with Crippen LogP contribution in [0, 0.1) is 0 Å². The second kappa shape index (κ2) is 6.42. The van der Waals surface area contributed by atoms with Crippen LogP contribution in [0.15, 0.2) is 48.6 Å². The molecule has 0 aromatic heterocycles. The molecule has 0 saturated heterocycles. The summed E-state index contributed by atoms with van der Waals surface area (Å²) in [5, 5.41) is 0. The summed E-state index contributed by atoms with van der Waals surface area (Å²) < 4.78 is 0. The van der Waals surface area contributed by atoms with Crippen molar-refractivity contribution in [3.8, 4) is 0 Å². The summed E-state index contributed by atoms with van der Waals surface area (Å²) in [6.45, 7) is 7.65. The van der Waals surface area contributed by atoms with Gasteiger partial charge in [0.1, 0.15) is 0 Å². The van der Waals surface area contributed by atoms with Gasteiger partial charge in [-0.2, -0.15) is 0 Å². The molecule has 0 amide bonds.